The van der Waals surface area contributed by atoms with Gasteiger partial charge in [-0.05, 0) is 25.1 Å². The monoisotopic (exact) mass is 340 g/mol. The SMILES string of the molecule is CCOC(=O)c1c[c]ccc1.[I-].[Zn]. The van der Waals surface area contributed by atoms with Crippen LogP contribution in [0.2, 0.25) is 0 Å². The molecule has 0 spiro atoms. The van der Waals surface area contributed by atoms with Crippen LogP contribution in [0.5, 0.6) is 0 Å². The van der Waals surface area contributed by atoms with Gasteiger partial charge in [0.2, 0.25) is 0 Å². The molecule has 0 atom stereocenters. The van der Waals surface area contributed by atoms with Crippen LogP contribution in [0.4, 0.5) is 0 Å². The molecule has 0 aliphatic rings. The maximum Gasteiger partial charge on any atom is 0.338 e. The largest absolute Gasteiger partial charge is 1.00 e. The fraction of sp³-hybridized carbons (Fsp3) is 0.222. The minimum atomic E-state index is -0.288. The average Bonchev–Trinajstić information content (AvgIpc) is 2.07. The molecule has 0 fully saturated rings. The first-order valence-corrected chi connectivity index (χ1v) is 3.48. The summed E-state index contributed by atoms with van der Waals surface area (Å²) in [7, 11) is 0. The van der Waals surface area contributed by atoms with Gasteiger partial charge in [-0.3, -0.25) is 0 Å². The third kappa shape index (κ3) is 5.37. The van der Waals surface area contributed by atoms with Crippen LogP contribution in [-0.2, 0) is 24.2 Å². The molecule has 0 aromatic heterocycles. The Morgan fingerprint density at radius 2 is 2.31 bits per heavy atom. The Kier molecular flexibility index (Phi) is 10.3. The molecule has 4 heteroatoms. The van der Waals surface area contributed by atoms with Crippen LogP contribution < -0.4 is 24.0 Å². The number of hydrogen-bond acceptors (Lipinski definition) is 2. The van der Waals surface area contributed by atoms with Crippen LogP contribution in [0.3, 0.4) is 0 Å². The van der Waals surface area contributed by atoms with E-state index in [9.17, 15) is 4.79 Å². The molecule has 1 radical (unpaired) electrons. The van der Waals surface area contributed by atoms with Crippen LogP contribution in [-0.4, -0.2) is 12.6 Å². The van der Waals surface area contributed by atoms with Crippen LogP contribution in [0, 0.1) is 6.07 Å². The second kappa shape index (κ2) is 8.63. The molecule has 0 N–H and O–H groups in total. The van der Waals surface area contributed by atoms with E-state index in [-0.39, 0.29) is 49.4 Å². The smallest absolute Gasteiger partial charge is 0.338 e. The predicted octanol–water partition coefficient (Wildman–Crippen LogP) is -1.34. The van der Waals surface area contributed by atoms with E-state index >= 15 is 0 Å². The molecular formula is C9H9IO2Zn-. The summed E-state index contributed by atoms with van der Waals surface area (Å²) in [5.74, 6) is -0.288. The first-order chi connectivity index (χ1) is 5.34. The Hall–Kier alpha value is 0.0434. The van der Waals surface area contributed by atoms with E-state index in [0.717, 1.165) is 0 Å². The number of benzene rings is 1. The Labute approximate surface area is 108 Å². The Morgan fingerprint density at radius 3 is 2.77 bits per heavy atom. The summed E-state index contributed by atoms with van der Waals surface area (Å²) in [6, 6.07) is 9.61. The van der Waals surface area contributed by atoms with Gasteiger partial charge in [0.25, 0.3) is 0 Å². The number of esters is 1. The molecule has 0 bridgehead atoms. The summed E-state index contributed by atoms with van der Waals surface area (Å²) in [5, 5.41) is 0. The van der Waals surface area contributed by atoms with E-state index in [0.29, 0.717) is 12.2 Å². The van der Waals surface area contributed by atoms with Crippen LogP contribution >= 0.6 is 0 Å². The van der Waals surface area contributed by atoms with E-state index in [2.05, 4.69) is 6.07 Å². The normalized spacial score (nSPS) is 7.77. The molecule has 0 aliphatic carbocycles. The van der Waals surface area contributed by atoms with Gasteiger partial charge in [-0.25, -0.2) is 4.79 Å². The molecule has 1 aromatic carbocycles. The Bertz CT molecular complexity index is 239. The number of carbonyl (C=O) groups is 1. The maximum atomic E-state index is 11.0. The summed E-state index contributed by atoms with van der Waals surface area (Å²) in [5.41, 5.74) is 0.550. The zero-order chi connectivity index (χ0) is 8.10. The van der Waals surface area contributed by atoms with Gasteiger partial charge in [-0.2, -0.15) is 0 Å². The number of halogens is 1. The first kappa shape index (κ1) is 15.5. The molecule has 67 valence electrons. The molecule has 0 saturated carbocycles. The summed E-state index contributed by atoms with van der Waals surface area (Å²) in [6.45, 7) is 2.19. The first-order valence-electron chi connectivity index (χ1n) is 3.48. The van der Waals surface area contributed by atoms with Crippen molar-refractivity contribution in [3.8, 4) is 0 Å². The van der Waals surface area contributed by atoms with Crippen molar-refractivity contribution in [1.29, 1.82) is 0 Å². The van der Waals surface area contributed by atoms with E-state index in [1.807, 2.05) is 0 Å². The third-order valence-corrected chi connectivity index (χ3v) is 1.22. The van der Waals surface area contributed by atoms with Gasteiger partial charge < -0.3 is 28.7 Å². The van der Waals surface area contributed by atoms with Crippen molar-refractivity contribution in [2.75, 3.05) is 6.61 Å². The predicted molar refractivity (Wildman–Crippen MR) is 41.2 cm³/mol. The number of ether oxygens (including phenoxy) is 1. The average molecular weight is 341 g/mol. The summed E-state index contributed by atoms with van der Waals surface area (Å²) in [4.78, 5) is 11.0. The van der Waals surface area contributed by atoms with Crippen LogP contribution in [0.15, 0.2) is 24.3 Å². The van der Waals surface area contributed by atoms with Gasteiger partial charge in [0.15, 0.2) is 0 Å². The molecule has 2 nitrogen and oxygen atoms in total. The molecule has 1 aromatic rings. The van der Waals surface area contributed by atoms with Crippen molar-refractivity contribution >= 4 is 5.97 Å². The second-order valence-electron chi connectivity index (χ2n) is 2.01. The number of rotatable bonds is 2. The van der Waals surface area contributed by atoms with Crippen molar-refractivity contribution in [3.05, 3.63) is 35.9 Å². The molecular weight excluding hydrogens is 332 g/mol. The van der Waals surface area contributed by atoms with E-state index in [1.54, 1.807) is 31.2 Å². The minimum absolute atomic E-state index is 0. The fourth-order valence-corrected chi connectivity index (χ4v) is 0.735. The van der Waals surface area contributed by atoms with Crippen molar-refractivity contribution in [1.82, 2.24) is 0 Å². The van der Waals surface area contributed by atoms with Gasteiger partial charge in [0.05, 0.1) is 12.2 Å². The molecule has 0 amide bonds. The van der Waals surface area contributed by atoms with Crippen molar-refractivity contribution in [2.45, 2.75) is 6.92 Å². The third-order valence-electron chi connectivity index (χ3n) is 1.22. The van der Waals surface area contributed by atoms with Crippen LogP contribution in [0.25, 0.3) is 0 Å². The Balaban J connectivity index is 0. The van der Waals surface area contributed by atoms with Gasteiger partial charge in [0.1, 0.15) is 0 Å². The molecule has 1 rings (SSSR count). The summed E-state index contributed by atoms with van der Waals surface area (Å²) < 4.78 is 4.77. The zero-order valence-corrected chi connectivity index (χ0v) is 12.5. The van der Waals surface area contributed by atoms with Crippen LogP contribution in [0.1, 0.15) is 17.3 Å². The number of carbonyl (C=O) groups excluding carboxylic acids is 1. The standard InChI is InChI=1S/C9H9O2.HI.Zn/c1-2-11-9(10)8-6-4-3-5-7-8;;/h3-4,6-7H,2H2,1H3;1H;/p-1. The van der Waals surface area contributed by atoms with Crippen molar-refractivity contribution in [3.63, 3.8) is 0 Å². The summed E-state index contributed by atoms with van der Waals surface area (Å²) >= 11 is 0. The van der Waals surface area contributed by atoms with Gasteiger partial charge in [-0.1, -0.05) is 12.1 Å². The fourth-order valence-electron chi connectivity index (χ4n) is 0.735. The molecule has 0 unspecified atom stereocenters. The van der Waals surface area contributed by atoms with E-state index in [4.69, 9.17) is 4.74 Å². The maximum absolute atomic E-state index is 11.0. The Morgan fingerprint density at radius 1 is 1.62 bits per heavy atom. The number of hydrogen-bond donors (Lipinski definition) is 0. The minimum Gasteiger partial charge on any atom is -1.00 e. The van der Waals surface area contributed by atoms with E-state index < -0.39 is 0 Å². The van der Waals surface area contributed by atoms with E-state index in [1.165, 1.54) is 0 Å². The zero-order valence-electron chi connectivity index (χ0n) is 7.42. The van der Waals surface area contributed by atoms with Gasteiger partial charge >= 0.3 is 5.97 Å². The van der Waals surface area contributed by atoms with Crippen molar-refractivity contribution < 1.29 is 53.0 Å². The molecule has 13 heavy (non-hydrogen) atoms. The molecule has 0 heterocycles. The topological polar surface area (TPSA) is 26.3 Å². The van der Waals surface area contributed by atoms with Gasteiger partial charge in [-0.15, -0.1) is 0 Å². The molecule has 0 aliphatic heterocycles. The van der Waals surface area contributed by atoms with Gasteiger partial charge in [0, 0.05) is 19.5 Å². The quantitative estimate of drug-likeness (QED) is 0.378. The van der Waals surface area contributed by atoms with Crippen molar-refractivity contribution in [2.24, 2.45) is 0 Å². The molecule has 0 saturated heterocycles. The summed E-state index contributed by atoms with van der Waals surface area (Å²) in [6.07, 6.45) is 0. The second-order valence-corrected chi connectivity index (χ2v) is 2.01.